The predicted octanol–water partition coefficient (Wildman–Crippen LogP) is 3.86. The van der Waals surface area contributed by atoms with Crippen LogP contribution in [-0.2, 0) is 4.79 Å². The van der Waals surface area contributed by atoms with Crippen LogP contribution in [0.2, 0.25) is 0 Å². The highest BCUT2D eigenvalue weighted by molar-refractivity contribution is 5.92. The number of carbonyl (C=O) groups is 2. The van der Waals surface area contributed by atoms with E-state index in [-0.39, 0.29) is 23.9 Å². The van der Waals surface area contributed by atoms with E-state index in [4.69, 9.17) is 0 Å². The standard InChI is InChI=1S/C21H32N4O2/c1-16-9-7-13-22-19(16)24-20(26)17-10-8-14-25(15-17)21(27)23-18-11-5-3-2-4-6-12-18/h7,9,13,17-18H,2-6,8,10-12,14-15H2,1H3,(H,23,27)(H,22,24,26)/t17-/m0/s1. The van der Waals surface area contributed by atoms with Crippen molar-refractivity contribution in [1.82, 2.24) is 15.2 Å². The van der Waals surface area contributed by atoms with Crippen LogP contribution in [0.15, 0.2) is 18.3 Å². The number of nitrogens with zero attached hydrogens (tertiary/aromatic N) is 2. The summed E-state index contributed by atoms with van der Waals surface area (Å²) in [6.07, 6.45) is 11.7. The van der Waals surface area contributed by atoms with Gasteiger partial charge in [0.1, 0.15) is 5.82 Å². The third-order valence-corrected chi connectivity index (χ3v) is 5.76. The van der Waals surface area contributed by atoms with Gasteiger partial charge in [-0.15, -0.1) is 0 Å². The molecule has 1 aromatic rings. The van der Waals surface area contributed by atoms with Gasteiger partial charge in [-0.1, -0.05) is 38.2 Å². The molecule has 1 saturated carbocycles. The molecular weight excluding hydrogens is 340 g/mol. The van der Waals surface area contributed by atoms with Gasteiger partial charge in [0.2, 0.25) is 5.91 Å². The second-order valence-corrected chi connectivity index (χ2v) is 7.93. The topological polar surface area (TPSA) is 74.3 Å². The largest absolute Gasteiger partial charge is 0.335 e. The molecule has 3 amide bonds. The van der Waals surface area contributed by atoms with E-state index >= 15 is 0 Å². The first-order valence-corrected chi connectivity index (χ1v) is 10.4. The van der Waals surface area contributed by atoms with Crippen molar-refractivity contribution in [3.8, 4) is 0 Å². The summed E-state index contributed by atoms with van der Waals surface area (Å²) in [5.74, 6) is 0.391. The molecule has 3 rings (SSSR count). The average Bonchev–Trinajstić information content (AvgIpc) is 2.65. The molecule has 27 heavy (non-hydrogen) atoms. The maximum Gasteiger partial charge on any atom is 0.317 e. The fraction of sp³-hybridized carbons (Fsp3) is 0.667. The first-order valence-electron chi connectivity index (χ1n) is 10.4. The summed E-state index contributed by atoms with van der Waals surface area (Å²) in [7, 11) is 0. The molecule has 0 aromatic carbocycles. The molecule has 148 valence electrons. The van der Waals surface area contributed by atoms with Gasteiger partial charge in [0.05, 0.1) is 5.92 Å². The highest BCUT2D eigenvalue weighted by Gasteiger charge is 2.29. The number of rotatable bonds is 3. The third kappa shape index (κ3) is 5.68. The van der Waals surface area contributed by atoms with Crippen molar-refractivity contribution in [3.05, 3.63) is 23.9 Å². The number of amides is 3. The van der Waals surface area contributed by atoms with E-state index < -0.39 is 0 Å². The number of urea groups is 1. The number of likely N-dealkylation sites (tertiary alicyclic amines) is 1. The van der Waals surface area contributed by atoms with Gasteiger partial charge in [0, 0.05) is 25.3 Å². The molecule has 1 saturated heterocycles. The zero-order valence-corrected chi connectivity index (χ0v) is 16.4. The van der Waals surface area contributed by atoms with Gasteiger partial charge in [0.15, 0.2) is 0 Å². The van der Waals surface area contributed by atoms with Gasteiger partial charge in [-0.3, -0.25) is 4.79 Å². The normalized spacial score (nSPS) is 21.8. The van der Waals surface area contributed by atoms with Crippen LogP contribution >= 0.6 is 0 Å². The summed E-state index contributed by atoms with van der Waals surface area (Å²) in [6, 6.07) is 4.06. The Kier molecular flexibility index (Phi) is 7.07. The van der Waals surface area contributed by atoms with E-state index in [0.29, 0.717) is 12.4 Å². The second kappa shape index (κ2) is 9.72. The SMILES string of the molecule is Cc1cccnc1NC(=O)[C@H]1CCCN(C(=O)NC2CCCCCCC2)C1. The minimum absolute atomic E-state index is 0.00732. The molecule has 6 heteroatoms. The van der Waals surface area contributed by atoms with E-state index in [9.17, 15) is 9.59 Å². The summed E-state index contributed by atoms with van der Waals surface area (Å²) in [4.78, 5) is 31.4. The Balaban J connectivity index is 1.52. The minimum atomic E-state index is -0.178. The van der Waals surface area contributed by atoms with Gasteiger partial charge in [-0.05, 0) is 44.2 Å². The van der Waals surface area contributed by atoms with Crippen molar-refractivity contribution in [2.75, 3.05) is 18.4 Å². The minimum Gasteiger partial charge on any atom is -0.335 e. The molecule has 1 atom stereocenters. The second-order valence-electron chi connectivity index (χ2n) is 7.93. The van der Waals surface area contributed by atoms with Crippen LogP contribution in [0.1, 0.15) is 63.4 Å². The summed E-state index contributed by atoms with van der Waals surface area (Å²) >= 11 is 0. The van der Waals surface area contributed by atoms with Crippen LogP contribution in [0.4, 0.5) is 10.6 Å². The molecule has 2 fully saturated rings. The number of aryl methyl sites for hydroxylation is 1. The fourth-order valence-electron chi connectivity index (χ4n) is 4.08. The van der Waals surface area contributed by atoms with Gasteiger partial charge in [-0.25, -0.2) is 9.78 Å². The lowest BCUT2D eigenvalue weighted by Gasteiger charge is -2.33. The molecule has 2 N–H and O–H groups in total. The van der Waals surface area contributed by atoms with E-state index in [2.05, 4.69) is 15.6 Å². The fourth-order valence-corrected chi connectivity index (χ4v) is 4.08. The number of hydrogen-bond acceptors (Lipinski definition) is 3. The number of nitrogens with one attached hydrogen (secondary N) is 2. The predicted molar refractivity (Wildman–Crippen MR) is 107 cm³/mol. The molecule has 0 spiro atoms. The van der Waals surface area contributed by atoms with Crippen LogP contribution in [0.5, 0.6) is 0 Å². The molecule has 0 radical (unpaired) electrons. The number of pyridine rings is 1. The van der Waals surface area contributed by atoms with Crippen LogP contribution in [0, 0.1) is 12.8 Å². The summed E-state index contributed by atoms with van der Waals surface area (Å²) in [5, 5.41) is 6.15. The first-order chi connectivity index (χ1) is 13.1. The van der Waals surface area contributed by atoms with Crippen LogP contribution in [0.3, 0.4) is 0 Å². The van der Waals surface area contributed by atoms with E-state index in [1.165, 1.54) is 32.1 Å². The van der Waals surface area contributed by atoms with Crippen molar-refractivity contribution >= 4 is 17.8 Å². The lowest BCUT2D eigenvalue weighted by atomic mass is 9.96. The molecule has 2 heterocycles. The Morgan fingerprint density at radius 1 is 1.07 bits per heavy atom. The van der Waals surface area contributed by atoms with Crippen molar-refractivity contribution in [2.45, 2.75) is 70.8 Å². The Bertz CT molecular complexity index is 641. The molecule has 2 aliphatic rings. The van der Waals surface area contributed by atoms with Gasteiger partial charge < -0.3 is 15.5 Å². The molecule has 1 aliphatic heterocycles. The number of anilines is 1. The molecule has 6 nitrogen and oxygen atoms in total. The van der Waals surface area contributed by atoms with Crippen molar-refractivity contribution in [2.24, 2.45) is 5.92 Å². The highest BCUT2D eigenvalue weighted by atomic mass is 16.2. The summed E-state index contributed by atoms with van der Waals surface area (Å²) in [5.41, 5.74) is 0.945. The Morgan fingerprint density at radius 2 is 1.81 bits per heavy atom. The molecular formula is C21H32N4O2. The Morgan fingerprint density at radius 3 is 2.56 bits per heavy atom. The van der Waals surface area contributed by atoms with Crippen LogP contribution in [-0.4, -0.2) is 41.0 Å². The van der Waals surface area contributed by atoms with Crippen molar-refractivity contribution < 1.29 is 9.59 Å². The van der Waals surface area contributed by atoms with Gasteiger partial charge in [0.25, 0.3) is 0 Å². The van der Waals surface area contributed by atoms with E-state index in [1.807, 2.05) is 24.0 Å². The van der Waals surface area contributed by atoms with Crippen molar-refractivity contribution in [3.63, 3.8) is 0 Å². The number of carbonyl (C=O) groups excluding carboxylic acids is 2. The Labute approximate surface area is 162 Å². The van der Waals surface area contributed by atoms with Crippen LogP contribution in [0.25, 0.3) is 0 Å². The molecule has 1 aliphatic carbocycles. The third-order valence-electron chi connectivity index (χ3n) is 5.76. The molecule has 0 bridgehead atoms. The van der Waals surface area contributed by atoms with Gasteiger partial charge >= 0.3 is 6.03 Å². The lowest BCUT2D eigenvalue weighted by molar-refractivity contribution is -0.121. The maximum absolute atomic E-state index is 12.7. The maximum atomic E-state index is 12.7. The smallest absolute Gasteiger partial charge is 0.317 e. The lowest BCUT2D eigenvalue weighted by Crippen LogP contribution is -2.50. The van der Waals surface area contributed by atoms with Crippen LogP contribution < -0.4 is 10.6 Å². The number of hydrogen-bond donors (Lipinski definition) is 2. The summed E-state index contributed by atoms with van der Waals surface area (Å²) < 4.78 is 0. The van der Waals surface area contributed by atoms with E-state index in [0.717, 1.165) is 37.8 Å². The number of aromatic nitrogens is 1. The zero-order valence-electron chi connectivity index (χ0n) is 16.4. The van der Waals surface area contributed by atoms with Gasteiger partial charge in [-0.2, -0.15) is 0 Å². The molecule has 1 aromatic heterocycles. The first kappa shape index (κ1) is 19.6. The average molecular weight is 373 g/mol. The monoisotopic (exact) mass is 372 g/mol. The zero-order chi connectivity index (χ0) is 19.1. The quantitative estimate of drug-likeness (QED) is 0.846. The van der Waals surface area contributed by atoms with Crippen molar-refractivity contribution in [1.29, 1.82) is 0 Å². The van der Waals surface area contributed by atoms with E-state index in [1.54, 1.807) is 6.20 Å². The number of piperidine rings is 1. The molecule has 0 unspecified atom stereocenters. The Hall–Kier alpha value is -2.11. The summed E-state index contributed by atoms with van der Waals surface area (Å²) in [6.45, 7) is 3.14. The highest BCUT2D eigenvalue weighted by Crippen LogP contribution is 2.21.